The van der Waals surface area contributed by atoms with Gasteiger partial charge < -0.3 is 14.4 Å². The SMILES string of the molecule is COc1ccc(CN(C)C(=O)/C=C\Sc2ccccc2)c(OC)c1. The van der Waals surface area contributed by atoms with Gasteiger partial charge in [0.05, 0.1) is 14.2 Å². The minimum absolute atomic E-state index is 0.0590. The van der Waals surface area contributed by atoms with E-state index in [1.54, 1.807) is 37.7 Å². The molecule has 2 rings (SSSR count). The van der Waals surface area contributed by atoms with E-state index in [1.165, 1.54) is 11.8 Å². The van der Waals surface area contributed by atoms with Crippen LogP contribution >= 0.6 is 11.8 Å². The van der Waals surface area contributed by atoms with Crippen molar-refractivity contribution in [3.63, 3.8) is 0 Å². The zero-order chi connectivity index (χ0) is 17.4. The van der Waals surface area contributed by atoms with Crippen LogP contribution in [0.3, 0.4) is 0 Å². The van der Waals surface area contributed by atoms with Crippen molar-refractivity contribution in [1.82, 2.24) is 4.90 Å². The molecule has 0 bridgehead atoms. The van der Waals surface area contributed by atoms with E-state index in [2.05, 4.69) is 0 Å². The fraction of sp³-hybridized carbons (Fsp3) is 0.211. The van der Waals surface area contributed by atoms with Crippen LogP contribution in [-0.2, 0) is 11.3 Å². The summed E-state index contributed by atoms with van der Waals surface area (Å²) in [6, 6.07) is 15.5. The third kappa shape index (κ3) is 5.06. The van der Waals surface area contributed by atoms with E-state index >= 15 is 0 Å². The number of methoxy groups -OCH3 is 2. The molecule has 2 aromatic carbocycles. The maximum absolute atomic E-state index is 12.2. The van der Waals surface area contributed by atoms with Crippen LogP contribution in [-0.4, -0.2) is 32.1 Å². The standard InChI is InChI=1S/C19H21NO3S/c1-20(14-15-9-10-16(22-2)13-18(15)23-3)19(21)11-12-24-17-7-5-4-6-8-17/h4-13H,14H2,1-3H3/b12-11-. The Labute approximate surface area is 147 Å². The van der Waals surface area contributed by atoms with Gasteiger partial charge in [0.25, 0.3) is 0 Å². The Bertz CT molecular complexity index is 701. The molecule has 0 radical (unpaired) electrons. The van der Waals surface area contributed by atoms with Crippen molar-refractivity contribution in [1.29, 1.82) is 0 Å². The molecule has 0 heterocycles. The average Bonchev–Trinajstić information content (AvgIpc) is 2.62. The summed E-state index contributed by atoms with van der Waals surface area (Å²) in [5.41, 5.74) is 0.929. The molecular formula is C19H21NO3S. The van der Waals surface area contributed by atoms with E-state index in [0.717, 1.165) is 16.2 Å². The first-order valence-electron chi connectivity index (χ1n) is 7.48. The molecule has 5 heteroatoms. The monoisotopic (exact) mass is 343 g/mol. The summed E-state index contributed by atoms with van der Waals surface area (Å²) < 4.78 is 10.6. The van der Waals surface area contributed by atoms with Gasteiger partial charge in [-0.1, -0.05) is 30.0 Å². The third-order valence-corrected chi connectivity index (χ3v) is 4.25. The van der Waals surface area contributed by atoms with Crippen molar-refractivity contribution >= 4 is 17.7 Å². The largest absolute Gasteiger partial charge is 0.497 e. The molecule has 0 unspecified atom stereocenters. The molecule has 0 aliphatic heterocycles. The summed E-state index contributed by atoms with van der Waals surface area (Å²) in [5.74, 6) is 1.37. The van der Waals surface area contributed by atoms with Crippen molar-refractivity contribution in [3.8, 4) is 11.5 Å². The third-order valence-electron chi connectivity index (χ3n) is 3.44. The molecule has 126 valence electrons. The minimum Gasteiger partial charge on any atom is -0.497 e. The molecule has 1 amide bonds. The molecule has 4 nitrogen and oxygen atoms in total. The smallest absolute Gasteiger partial charge is 0.247 e. The lowest BCUT2D eigenvalue weighted by Gasteiger charge is -2.17. The van der Waals surface area contributed by atoms with E-state index in [1.807, 2.05) is 48.5 Å². The molecule has 0 aliphatic carbocycles. The number of rotatable bonds is 7. The summed E-state index contributed by atoms with van der Waals surface area (Å²) in [6.45, 7) is 0.465. The van der Waals surface area contributed by atoms with E-state index in [4.69, 9.17) is 9.47 Å². The summed E-state index contributed by atoms with van der Waals surface area (Å²) >= 11 is 1.52. The highest BCUT2D eigenvalue weighted by molar-refractivity contribution is 8.02. The number of carbonyl (C=O) groups excluding carboxylic acids is 1. The zero-order valence-corrected chi connectivity index (χ0v) is 14.9. The zero-order valence-electron chi connectivity index (χ0n) is 14.1. The highest BCUT2D eigenvalue weighted by Crippen LogP contribution is 2.25. The van der Waals surface area contributed by atoms with Crippen LogP contribution in [0.15, 0.2) is 64.9 Å². The van der Waals surface area contributed by atoms with Gasteiger partial charge in [0.15, 0.2) is 0 Å². The summed E-state index contributed by atoms with van der Waals surface area (Å²) in [5, 5.41) is 1.80. The maximum Gasteiger partial charge on any atom is 0.247 e. The van der Waals surface area contributed by atoms with Crippen molar-refractivity contribution in [3.05, 3.63) is 65.6 Å². The summed E-state index contributed by atoms with van der Waals surface area (Å²) in [7, 11) is 4.99. The van der Waals surface area contributed by atoms with Crippen LogP contribution in [0.2, 0.25) is 0 Å². The lowest BCUT2D eigenvalue weighted by atomic mass is 10.2. The molecule has 0 aromatic heterocycles. The molecule has 0 saturated heterocycles. The first kappa shape index (κ1) is 17.9. The number of nitrogens with zero attached hydrogens (tertiary/aromatic N) is 1. The normalized spacial score (nSPS) is 10.6. The van der Waals surface area contributed by atoms with Crippen molar-refractivity contribution in [2.45, 2.75) is 11.4 Å². The van der Waals surface area contributed by atoms with E-state index in [-0.39, 0.29) is 5.91 Å². The second-order valence-corrected chi connectivity index (χ2v) is 6.09. The number of amides is 1. The highest BCUT2D eigenvalue weighted by atomic mass is 32.2. The lowest BCUT2D eigenvalue weighted by Crippen LogP contribution is -2.24. The molecule has 0 N–H and O–H groups in total. The number of likely N-dealkylation sites (N-methyl/N-ethyl adjacent to an activating group) is 1. The van der Waals surface area contributed by atoms with Gasteiger partial charge in [-0.3, -0.25) is 4.79 Å². The Kier molecular flexibility index (Phi) is 6.75. The Hall–Kier alpha value is -2.40. The highest BCUT2D eigenvalue weighted by Gasteiger charge is 2.10. The van der Waals surface area contributed by atoms with Crippen molar-refractivity contribution in [2.75, 3.05) is 21.3 Å². The number of carbonyl (C=O) groups is 1. The van der Waals surface area contributed by atoms with E-state index < -0.39 is 0 Å². The Morgan fingerprint density at radius 1 is 1.12 bits per heavy atom. The Balaban J connectivity index is 1.96. The number of hydrogen-bond donors (Lipinski definition) is 0. The fourth-order valence-electron chi connectivity index (χ4n) is 2.11. The van der Waals surface area contributed by atoms with Gasteiger partial charge in [0.1, 0.15) is 11.5 Å². The van der Waals surface area contributed by atoms with E-state index in [0.29, 0.717) is 12.3 Å². The quantitative estimate of drug-likeness (QED) is 0.563. The number of thioether (sulfide) groups is 1. The second-order valence-electron chi connectivity index (χ2n) is 5.11. The van der Waals surface area contributed by atoms with Crippen LogP contribution in [0.25, 0.3) is 0 Å². The first-order valence-corrected chi connectivity index (χ1v) is 8.36. The van der Waals surface area contributed by atoms with Crippen LogP contribution in [0.1, 0.15) is 5.56 Å². The molecule has 0 aliphatic rings. The Morgan fingerprint density at radius 3 is 2.54 bits per heavy atom. The molecule has 0 fully saturated rings. The molecule has 0 atom stereocenters. The summed E-state index contributed by atoms with van der Waals surface area (Å²) in [4.78, 5) is 15.0. The van der Waals surface area contributed by atoms with Crippen LogP contribution < -0.4 is 9.47 Å². The van der Waals surface area contributed by atoms with Crippen molar-refractivity contribution in [2.24, 2.45) is 0 Å². The van der Waals surface area contributed by atoms with Gasteiger partial charge in [-0.15, -0.1) is 0 Å². The number of ether oxygens (including phenoxy) is 2. The van der Waals surface area contributed by atoms with Crippen LogP contribution in [0.4, 0.5) is 0 Å². The molecule has 0 saturated carbocycles. The second kappa shape index (κ2) is 9.03. The topological polar surface area (TPSA) is 38.8 Å². The fourth-order valence-corrected chi connectivity index (χ4v) is 2.77. The maximum atomic E-state index is 12.2. The van der Waals surface area contributed by atoms with Gasteiger partial charge in [0, 0.05) is 36.2 Å². The van der Waals surface area contributed by atoms with Gasteiger partial charge in [0.2, 0.25) is 5.91 Å². The molecule has 24 heavy (non-hydrogen) atoms. The average molecular weight is 343 g/mol. The molecule has 0 spiro atoms. The number of hydrogen-bond acceptors (Lipinski definition) is 4. The van der Waals surface area contributed by atoms with Crippen LogP contribution in [0.5, 0.6) is 11.5 Å². The lowest BCUT2D eigenvalue weighted by molar-refractivity contribution is -0.125. The molecule has 2 aromatic rings. The van der Waals surface area contributed by atoms with Crippen molar-refractivity contribution < 1.29 is 14.3 Å². The van der Waals surface area contributed by atoms with Gasteiger partial charge in [-0.05, 0) is 29.7 Å². The predicted octanol–water partition coefficient (Wildman–Crippen LogP) is 3.97. The van der Waals surface area contributed by atoms with Gasteiger partial charge >= 0.3 is 0 Å². The number of benzene rings is 2. The van der Waals surface area contributed by atoms with Gasteiger partial charge in [-0.25, -0.2) is 0 Å². The minimum atomic E-state index is -0.0590. The van der Waals surface area contributed by atoms with Crippen LogP contribution in [0, 0.1) is 0 Å². The van der Waals surface area contributed by atoms with Gasteiger partial charge in [-0.2, -0.15) is 0 Å². The van der Waals surface area contributed by atoms with E-state index in [9.17, 15) is 4.79 Å². The Morgan fingerprint density at radius 2 is 1.88 bits per heavy atom. The predicted molar refractivity (Wildman–Crippen MR) is 97.5 cm³/mol. The first-order chi connectivity index (χ1) is 11.6. The molecular weight excluding hydrogens is 322 g/mol. The summed E-state index contributed by atoms with van der Waals surface area (Å²) in [6.07, 6.45) is 1.58.